The Morgan fingerprint density at radius 2 is 2.00 bits per heavy atom. The normalized spacial score (nSPS) is 17.3. The summed E-state index contributed by atoms with van der Waals surface area (Å²) in [5.41, 5.74) is 1.91. The molecule has 0 aliphatic carbocycles. The molecule has 0 N–H and O–H groups in total. The maximum absolute atomic E-state index is 13.0. The van der Waals surface area contributed by atoms with E-state index >= 15 is 0 Å². The summed E-state index contributed by atoms with van der Waals surface area (Å²) in [6.45, 7) is 1.77. The molecule has 1 atom stereocenters. The molecule has 1 saturated heterocycles. The van der Waals surface area contributed by atoms with Crippen molar-refractivity contribution in [2.24, 2.45) is 5.92 Å². The van der Waals surface area contributed by atoms with Crippen molar-refractivity contribution in [1.29, 1.82) is 0 Å². The number of anilines is 1. The van der Waals surface area contributed by atoms with Gasteiger partial charge in [0, 0.05) is 24.7 Å². The Morgan fingerprint density at radius 3 is 2.62 bits per heavy atom. The van der Waals surface area contributed by atoms with E-state index in [0.717, 1.165) is 36.4 Å². The summed E-state index contributed by atoms with van der Waals surface area (Å²) in [5.74, 6) is 0.836. The Hall–Kier alpha value is -2.40. The maximum atomic E-state index is 13.0. The van der Waals surface area contributed by atoms with E-state index in [2.05, 4.69) is 4.98 Å². The van der Waals surface area contributed by atoms with Crippen LogP contribution in [-0.2, 0) is 16.1 Å². The van der Waals surface area contributed by atoms with E-state index < -0.39 is 0 Å². The van der Waals surface area contributed by atoms with Crippen molar-refractivity contribution in [2.75, 3.05) is 25.2 Å². The third-order valence-electron chi connectivity index (χ3n) is 4.25. The highest BCUT2D eigenvalue weighted by molar-refractivity contribution is 5.95. The quantitative estimate of drug-likeness (QED) is 0.847. The van der Waals surface area contributed by atoms with Gasteiger partial charge in [-0.3, -0.25) is 9.78 Å². The summed E-state index contributed by atoms with van der Waals surface area (Å²) in [6, 6.07) is 11.5. The van der Waals surface area contributed by atoms with Crippen molar-refractivity contribution in [3.05, 3.63) is 54.4 Å². The van der Waals surface area contributed by atoms with Gasteiger partial charge in [0.2, 0.25) is 5.91 Å². The number of carbonyl (C=O) groups excluding carboxylic acids is 1. The summed E-state index contributed by atoms with van der Waals surface area (Å²) in [7, 11) is 1.64. The molecule has 126 valence electrons. The number of hydrogen-bond donors (Lipinski definition) is 0. The smallest absolute Gasteiger partial charge is 0.232 e. The zero-order chi connectivity index (χ0) is 16.8. The largest absolute Gasteiger partial charge is 0.497 e. The predicted molar refractivity (Wildman–Crippen MR) is 92.0 cm³/mol. The monoisotopic (exact) mass is 326 g/mol. The zero-order valence-electron chi connectivity index (χ0n) is 13.9. The summed E-state index contributed by atoms with van der Waals surface area (Å²) in [5, 5.41) is 0. The lowest BCUT2D eigenvalue weighted by Crippen LogP contribution is -2.39. The van der Waals surface area contributed by atoms with E-state index in [9.17, 15) is 4.79 Å². The lowest BCUT2D eigenvalue weighted by Gasteiger charge is -2.29. The first-order chi connectivity index (χ1) is 11.8. The Morgan fingerprint density at radius 1 is 1.25 bits per heavy atom. The van der Waals surface area contributed by atoms with Gasteiger partial charge in [-0.05, 0) is 42.7 Å². The minimum Gasteiger partial charge on any atom is -0.497 e. The zero-order valence-corrected chi connectivity index (χ0v) is 13.9. The fraction of sp³-hybridized carbons (Fsp3) is 0.368. The molecule has 3 rings (SSSR count). The minimum absolute atomic E-state index is 0.0786. The Kier molecular flexibility index (Phi) is 5.43. The van der Waals surface area contributed by atoms with Crippen LogP contribution < -0.4 is 9.64 Å². The molecule has 0 spiro atoms. The van der Waals surface area contributed by atoms with E-state index in [0.29, 0.717) is 13.2 Å². The number of rotatable bonds is 5. The molecule has 5 nitrogen and oxygen atoms in total. The van der Waals surface area contributed by atoms with E-state index in [1.54, 1.807) is 19.5 Å². The third kappa shape index (κ3) is 3.92. The van der Waals surface area contributed by atoms with Gasteiger partial charge in [-0.15, -0.1) is 0 Å². The number of methoxy groups -OCH3 is 1. The molecule has 1 aliphatic heterocycles. The van der Waals surface area contributed by atoms with Crippen LogP contribution >= 0.6 is 0 Å². The second-order valence-corrected chi connectivity index (χ2v) is 5.89. The van der Waals surface area contributed by atoms with Gasteiger partial charge >= 0.3 is 0 Å². The highest BCUT2D eigenvalue weighted by atomic mass is 16.5. The molecule has 2 heterocycles. The molecule has 1 amide bonds. The maximum Gasteiger partial charge on any atom is 0.232 e. The number of nitrogens with zero attached hydrogens (tertiary/aromatic N) is 2. The summed E-state index contributed by atoms with van der Waals surface area (Å²) in [4.78, 5) is 18.9. The molecule has 0 unspecified atom stereocenters. The first-order valence-corrected chi connectivity index (χ1v) is 8.20. The highest BCUT2D eigenvalue weighted by Gasteiger charge is 2.27. The van der Waals surface area contributed by atoms with Crippen LogP contribution in [0.1, 0.15) is 18.4 Å². The van der Waals surface area contributed by atoms with E-state index in [1.165, 1.54) is 0 Å². The molecule has 5 heteroatoms. The second kappa shape index (κ2) is 7.93. The van der Waals surface area contributed by atoms with Crippen LogP contribution in [0.2, 0.25) is 0 Å². The lowest BCUT2D eigenvalue weighted by molar-refractivity contribution is -0.126. The minimum atomic E-state index is -0.0786. The van der Waals surface area contributed by atoms with Gasteiger partial charge in [-0.1, -0.05) is 12.1 Å². The van der Waals surface area contributed by atoms with Crippen LogP contribution in [-0.4, -0.2) is 31.2 Å². The van der Waals surface area contributed by atoms with Gasteiger partial charge in [0.1, 0.15) is 5.75 Å². The van der Waals surface area contributed by atoms with Crippen LogP contribution in [0, 0.1) is 5.92 Å². The van der Waals surface area contributed by atoms with E-state index in [-0.39, 0.29) is 11.8 Å². The van der Waals surface area contributed by atoms with Crippen molar-refractivity contribution in [2.45, 2.75) is 19.4 Å². The highest BCUT2D eigenvalue weighted by Crippen LogP contribution is 2.24. The Bertz CT molecular complexity index is 652. The van der Waals surface area contributed by atoms with Crippen LogP contribution in [0.4, 0.5) is 5.69 Å². The van der Waals surface area contributed by atoms with Crippen molar-refractivity contribution in [3.8, 4) is 5.75 Å². The van der Waals surface area contributed by atoms with Gasteiger partial charge in [-0.25, -0.2) is 0 Å². The standard InChI is InChI=1S/C19H22N2O3/c1-23-18-6-4-15(5-7-18)13-21(17-8-10-20-11-9-17)19(22)16-3-2-12-24-14-16/h4-11,16H,2-3,12-14H2,1H3/t16-/m1/s1. The molecule has 1 fully saturated rings. The van der Waals surface area contributed by atoms with Gasteiger partial charge < -0.3 is 14.4 Å². The van der Waals surface area contributed by atoms with Crippen molar-refractivity contribution in [1.82, 2.24) is 4.98 Å². The summed E-state index contributed by atoms with van der Waals surface area (Å²) >= 11 is 0. The number of benzene rings is 1. The van der Waals surface area contributed by atoms with Gasteiger partial charge in [0.25, 0.3) is 0 Å². The van der Waals surface area contributed by atoms with Crippen LogP contribution in [0.25, 0.3) is 0 Å². The molecule has 2 aromatic rings. The average molecular weight is 326 g/mol. The second-order valence-electron chi connectivity index (χ2n) is 5.89. The first-order valence-electron chi connectivity index (χ1n) is 8.20. The molecular formula is C19H22N2O3. The number of amides is 1. The number of carbonyl (C=O) groups is 1. The average Bonchev–Trinajstić information content (AvgIpc) is 2.67. The molecule has 0 radical (unpaired) electrons. The molecule has 24 heavy (non-hydrogen) atoms. The van der Waals surface area contributed by atoms with Gasteiger partial charge in [0.05, 0.1) is 26.2 Å². The third-order valence-corrected chi connectivity index (χ3v) is 4.25. The molecule has 1 aromatic carbocycles. The fourth-order valence-corrected chi connectivity index (χ4v) is 2.89. The first kappa shape index (κ1) is 16.5. The van der Waals surface area contributed by atoms with Crippen molar-refractivity contribution in [3.63, 3.8) is 0 Å². The molecular weight excluding hydrogens is 304 g/mol. The number of aromatic nitrogens is 1. The van der Waals surface area contributed by atoms with E-state index in [4.69, 9.17) is 9.47 Å². The van der Waals surface area contributed by atoms with Gasteiger partial charge in [0.15, 0.2) is 0 Å². The van der Waals surface area contributed by atoms with Crippen LogP contribution in [0.5, 0.6) is 5.75 Å². The summed E-state index contributed by atoms with van der Waals surface area (Å²) in [6.07, 6.45) is 5.23. The molecule has 0 bridgehead atoms. The molecule has 1 aromatic heterocycles. The lowest BCUT2D eigenvalue weighted by atomic mass is 10.00. The fourth-order valence-electron chi connectivity index (χ4n) is 2.89. The number of ether oxygens (including phenoxy) is 2. The van der Waals surface area contributed by atoms with Crippen LogP contribution in [0.3, 0.4) is 0 Å². The Balaban J connectivity index is 1.82. The molecule has 0 saturated carbocycles. The number of hydrogen-bond acceptors (Lipinski definition) is 4. The topological polar surface area (TPSA) is 51.7 Å². The van der Waals surface area contributed by atoms with Crippen LogP contribution in [0.15, 0.2) is 48.8 Å². The SMILES string of the molecule is COc1ccc(CN(C(=O)[C@@H]2CCCOC2)c2ccncc2)cc1. The Labute approximate surface area is 142 Å². The van der Waals surface area contributed by atoms with Gasteiger partial charge in [-0.2, -0.15) is 0 Å². The van der Waals surface area contributed by atoms with Crippen molar-refractivity contribution < 1.29 is 14.3 Å². The van der Waals surface area contributed by atoms with E-state index in [1.807, 2.05) is 41.3 Å². The predicted octanol–water partition coefficient (Wildman–Crippen LogP) is 3.05. The molecule has 1 aliphatic rings. The van der Waals surface area contributed by atoms with Crippen molar-refractivity contribution >= 4 is 11.6 Å². The number of pyridine rings is 1. The summed E-state index contributed by atoms with van der Waals surface area (Å²) < 4.78 is 10.7.